The quantitative estimate of drug-likeness (QED) is 0.795. The molecule has 0 aliphatic carbocycles. The number of rotatable bonds is 7. The minimum Gasteiger partial charge on any atom is -0.354 e. The van der Waals surface area contributed by atoms with Crippen molar-refractivity contribution >= 4 is 26.7 Å². The molecule has 6 heteroatoms. The molecule has 25 heavy (non-hydrogen) atoms. The van der Waals surface area contributed by atoms with Crippen molar-refractivity contribution in [2.45, 2.75) is 38.6 Å². The van der Waals surface area contributed by atoms with Gasteiger partial charge in [0.1, 0.15) is 6.04 Å². The van der Waals surface area contributed by atoms with Gasteiger partial charge in [0, 0.05) is 6.54 Å². The number of carbonyl (C=O) groups is 1. The molecule has 5 nitrogen and oxygen atoms in total. The van der Waals surface area contributed by atoms with E-state index in [1.54, 1.807) is 18.2 Å². The first-order chi connectivity index (χ1) is 11.7. The topological polar surface area (TPSA) is 75.3 Å². The van der Waals surface area contributed by atoms with Crippen LogP contribution in [-0.2, 0) is 14.8 Å². The Hall–Kier alpha value is -1.92. The van der Waals surface area contributed by atoms with E-state index < -0.39 is 16.1 Å². The number of amides is 1. The summed E-state index contributed by atoms with van der Waals surface area (Å²) < 4.78 is 28.0. The van der Waals surface area contributed by atoms with Crippen LogP contribution in [0.4, 0.5) is 0 Å². The number of benzene rings is 2. The molecule has 2 aromatic rings. The third-order valence-corrected chi connectivity index (χ3v) is 5.39. The highest BCUT2D eigenvalue weighted by atomic mass is 32.2. The molecule has 0 radical (unpaired) electrons. The number of hydrogen-bond donors (Lipinski definition) is 2. The Morgan fingerprint density at radius 1 is 1.00 bits per heavy atom. The van der Waals surface area contributed by atoms with Gasteiger partial charge in [-0.3, -0.25) is 4.79 Å². The average molecular weight is 362 g/mol. The van der Waals surface area contributed by atoms with Gasteiger partial charge in [0.05, 0.1) is 4.90 Å². The van der Waals surface area contributed by atoms with E-state index in [1.165, 1.54) is 0 Å². The average Bonchev–Trinajstić information content (AvgIpc) is 2.56. The molecule has 2 rings (SSSR count). The summed E-state index contributed by atoms with van der Waals surface area (Å²) in [5.41, 5.74) is 0. The lowest BCUT2D eigenvalue weighted by atomic mass is 10.0. The second kappa shape index (κ2) is 7.97. The van der Waals surface area contributed by atoms with Crippen LogP contribution in [0.25, 0.3) is 10.8 Å². The molecule has 2 N–H and O–H groups in total. The van der Waals surface area contributed by atoms with Crippen molar-refractivity contribution in [1.29, 1.82) is 0 Å². The van der Waals surface area contributed by atoms with Gasteiger partial charge in [-0.1, -0.05) is 58.0 Å². The van der Waals surface area contributed by atoms with Crippen molar-refractivity contribution in [3.8, 4) is 0 Å². The van der Waals surface area contributed by atoms with Crippen LogP contribution in [-0.4, -0.2) is 26.9 Å². The van der Waals surface area contributed by atoms with Crippen LogP contribution >= 0.6 is 0 Å². The summed E-state index contributed by atoms with van der Waals surface area (Å²) in [5, 5.41) is 4.61. The second-order valence-corrected chi connectivity index (χ2v) is 8.70. The summed E-state index contributed by atoms with van der Waals surface area (Å²) in [7, 11) is -3.79. The van der Waals surface area contributed by atoms with Crippen LogP contribution < -0.4 is 10.0 Å². The largest absolute Gasteiger partial charge is 0.354 e. The molecule has 1 atom stereocenters. The lowest BCUT2D eigenvalue weighted by molar-refractivity contribution is -0.123. The monoisotopic (exact) mass is 362 g/mol. The lowest BCUT2D eigenvalue weighted by Gasteiger charge is -2.22. The molecule has 0 aliphatic heterocycles. The smallest absolute Gasteiger partial charge is 0.241 e. The highest BCUT2D eigenvalue weighted by Gasteiger charge is 2.28. The van der Waals surface area contributed by atoms with Gasteiger partial charge in [0.25, 0.3) is 0 Å². The summed E-state index contributed by atoms with van der Waals surface area (Å²) in [6.45, 7) is 8.14. The third-order valence-electron chi connectivity index (χ3n) is 3.95. The standard InChI is InChI=1S/C19H26N2O3S/c1-13(2)12-20-19(22)18(14(3)4)21-25(23,24)17-10-9-15-7-5-6-8-16(15)11-17/h5-11,13-14,18,21H,12H2,1-4H3,(H,20,22)/t18-/m0/s1. The maximum Gasteiger partial charge on any atom is 0.241 e. The first-order valence-electron chi connectivity index (χ1n) is 8.49. The Morgan fingerprint density at radius 2 is 1.64 bits per heavy atom. The summed E-state index contributed by atoms with van der Waals surface area (Å²) in [5.74, 6) is -0.163. The Balaban J connectivity index is 2.25. The molecule has 0 unspecified atom stereocenters. The summed E-state index contributed by atoms with van der Waals surface area (Å²) in [4.78, 5) is 12.5. The SMILES string of the molecule is CC(C)CNC(=O)[C@@H](NS(=O)(=O)c1ccc2ccccc2c1)C(C)C. The predicted octanol–water partition coefficient (Wildman–Crippen LogP) is 2.91. The van der Waals surface area contributed by atoms with Crippen molar-refractivity contribution in [2.24, 2.45) is 11.8 Å². The molecular formula is C19H26N2O3S. The van der Waals surface area contributed by atoms with E-state index in [2.05, 4.69) is 10.0 Å². The van der Waals surface area contributed by atoms with E-state index in [1.807, 2.05) is 52.0 Å². The van der Waals surface area contributed by atoms with Gasteiger partial charge in [-0.2, -0.15) is 4.72 Å². The van der Waals surface area contributed by atoms with Gasteiger partial charge in [-0.25, -0.2) is 8.42 Å². The maximum absolute atomic E-state index is 12.7. The Bertz CT molecular complexity index is 845. The van der Waals surface area contributed by atoms with Crippen LogP contribution in [0, 0.1) is 11.8 Å². The second-order valence-electron chi connectivity index (χ2n) is 6.99. The number of sulfonamides is 1. The molecule has 0 heterocycles. The van der Waals surface area contributed by atoms with Crippen LogP contribution in [0.5, 0.6) is 0 Å². The molecule has 136 valence electrons. The zero-order valence-electron chi connectivity index (χ0n) is 15.1. The lowest BCUT2D eigenvalue weighted by Crippen LogP contribution is -2.50. The molecule has 0 bridgehead atoms. The zero-order valence-corrected chi connectivity index (χ0v) is 15.9. The fraction of sp³-hybridized carbons (Fsp3) is 0.421. The molecule has 0 saturated heterocycles. The van der Waals surface area contributed by atoms with Crippen molar-refractivity contribution in [3.63, 3.8) is 0 Å². The molecule has 1 amide bonds. The Labute approximate surface area is 149 Å². The molecule has 2 aromatic carbocycles. The fourth-order valence-corrected chi connectivity index (χ4v) is 3.86. The minimum absolute atomic E-state index is 0.161. The highest BCUT2D eigenvalue weighted by Crippen LogP contribution is 2.19. The van der Waals surface area contributed by atoms with E-state index >= 15 is 0 Å². The molecule has 0 fully saturated rings. The van der Waals surface area contributed by atoms with Gasteiger partial charge in [0.2, 0.25) is 15.9 Å². The number of fused-ring (bicyclic) bond motifs is 1. The van der Waals surface area contributed by atoms with Gasteiger partial charge < -0.3 is 5.32 Å². The van der Waals surface area contributed by atoms with Gasteiger partial charge >= 0.3 is 0 Å². The number of carbonyl (C=O) groups excluding carboxylic acids is 1. The van der Waals surface area contributed by atoms with Crippen LogP contribution in [0.3, 0.4) is 0 Å². The number of hydrogen-bond acceptors (Lipinski definition) is 3. The Kier molecular flexibility index (Phi) is 6.19. The third kappa shape index (κ3) is 5.03. The zero-order chi connectivity index (χ0) is 18.6. The van der Waals surface area contributed by atoms with Crippen LogP contribution in [0.1, 0.15) is 27.7 Å². The van der Waals surface area contributed by atoms with Crippen molar-refractivity contribution in [2.75, 3.05) is 6.54 Å². The number of nitrogens with one attached hydrogen (secondary N) is 2. The normalized spacial score (nSPS) is 13.4. The predicted molar refractivity (Wildman–Crippen MR) is 101 cm³/mol. The van der Waals surface area contributed by atoms with E-state index in [4.69, 9.17) is 0 Å². The van der Waals surface area contributed by atoms with Crippen LogP contribution in [0.2, 0.25) is 0 Å². The van der Waals surface area contributed by atoms with E-state index in [9.17, 15) is 13.2 Å². The van der Waals surface area contributed by atoms with Crippen LogP contribution in [0.15, 0.2) is 47.4 Å². The summed E-state index contributed by atoms with van der Waals surface area (Å²) in [6, 6.07) is 11.7. The van der Waals surface area contributed by atoms with Gasteiger partial charge in [0.15, 0.2) is 0 Å². The summed E-state index contributed by atoms with van der Waals surface area (Å²) >= 11 is 0. The van der Waals surface area contributed by atoms with Crippen molar-refractivity contribution in [1.82, 2.24) is 10.0 Å². The molecular weight excluding hydrogens is 336 g/mol. The van der Waals surface area contributed by atoms with Gasteiger partial charge in [-0.05, 0) is 34.7 Å². The van der Waals surface area contributed by atoms with Gasteiger partial charge in [-0.15, -0.1) is 0 Å². The van der Waals surface area contributed by atoms with Crippen molar-refractivity contribution in [3.05, 3.63) is 42.5 Å². The maximum atomic E-state index is 12.7. The van der Waals surface area contributed by atoms with E-state index in [0.717, 1.165) is 10.8 Å². The fourth-order valence-electron chi connectivity index (χ4n) is 2.48. The summed E-state index contributed by atoms with van der Waals surface area (Å²) in [6.07, 6.45) is 0. The molecule has 0 spiro atoms. The first kappa shape index (κ1) is 19.4. The first-order valence-corrected chi connectivity index (χ1v) is 9.98. The van der Waals surface area contributed by atoms with Crippen molar-refractivity contribution < 1.29 is 13.2 Å². The highest BCUT2D eigenvalue weighted by molar-refractivity contribution is 7.89. The minimum atomic E-state index is -3.79. The molecule has 0 saturated carbocycles. The molecule has 0 aliphatic rings. The van der Waals surface area contributed by atoms with E-state index in [-0.39, 0.29) is 16.7 Å². The van der Waals surface area contributed by atoms with E-state index in [0.29, 0.717) is 12.5 Å². The Morgan fingerprint density at radius 3 is 2.24 bits per heavy atom. The molecule has 0 aromatic heterocycles.